The molecule has 3 fully saturated rings. The number of alkyl halides is 1. The highest BCUT2D eigenvalue weighted by molar-refractivity contribution is 9.09. The average molecular weight is 912 g/mol. The Bertz CT molecular complexity index is 1660. The number of rotatable bonds is 7. The summed E-state index contributed by atoms with van der Waals surface area (Å²) in [7, 11) is 0. The zero-order valence-electron chi connectivity index (χ0n) is 29.4. The van der Waals surface area contributed by atoms with Crippen LogP contribution in [0.3, 0.4) is 0 Å². The Morgan fingerprint density at radius 3 is 1.30 bits per heavy atom. The van der Waals surface area contributed by atoms with Crippen LogP contribution in [0.5, 0.6) is 0 Å². The van der Waals surface area contributed by atoms with Crippen LogP contribution in [0.4, 0.5) is 0 Å². The van der Waals surface area contributed by atoms with Gasteiger partial charge in [-0.25, -0.2) is 0 Å². The third-order valence-corrected chi connectivity index (χ3v) is 14.7. The topological polar surface area (TPSA) is 135 Å². The fourth-order valence-corrected chi connectivity index (χ4v) is 9.99. The predicted octanol–water partition coefficient (Wildman–Crippen LogP) is 12.2. The Morgan fingerprint density at radius 1 is 0.604 bits per heavy atom. The Balaban J connectivity index is 0.000000178. The maximum Gasteiger partial charge on any atom is 0.0649 e. The van der Waals surface area contributed by atoms with Crippen molar-refractivity contribution in [3.05, 3.63) is 112 Å². The Labute approximate surface area is 351 Å². The number of azide groups is 1. The fourth-order valence-electron chi connectivity index (χ4n) is 8.11. The maximum absolute atomic E-state index is 10.4. The molecular formula is C39H47BrCl6N4O3. The van der Waals surface area contributed by atoms with E-state index in [1.807, 2.05) is 36.4 Å². The first-order chi connectivity index (χ1) is 25.3. The Kier molecular flexibility index (Phi) is 17.3. The van der Waals surface area contributed by atoms with Crippen molar-refractivity contribution in [1.82, 2.24) is 0 Å². The second-order valence-electron chi connectivity index (χ2n) is 14.4. The van der Waals surface area contributed by atoms with Crippen LogP contribution in [0.25, 0.3) is 10.4 Å². The van der Waals surface area contributed by atoms with Crippen molar-refractivity contribution in [3.63, 3.8) is 0 Å². The molecule has 3 saturated carbocycles. The second kappa shape index (κ2) is 20.5. The summed E-state index contributed by atoms with van der Waals surface area (Å²) in [5, 5.41) is 38.6. The molecule has 0 heterocycles. The zero-order valence-corrected chi connectivity index (χ0v) is 35.6. The SMILES string of the molecule is NCC1(c2ccc(Cl)c(Cl)c2)CCCCC1O.OC1CCCCC1(CBr)c1ccc(Cl)c(Cl)c1.[N-]=[N+]=NCC1(c2ccc(Cl)c(Cl)c2)CCCCC1O. The first-order valence-corrected chi connectivity index (χ1v) is 21.4. The van der Waals surface area contributed by atoms with E-state index in [4.69, 9.17) is 80.9 Å². The van der Waals surface area contributed by atoms with Gasteiger partial charge in [0.1, 0.15) is 0 Å². The van der Waals surface area contributed by atoms with Gasteiger partial charge in [0.2, 0.25) is 0 Å². The molecule has 6 unspecified atom stereocenters. The number of hydrogen-bond donors (Lipinski definition) is 4. The van der Waals surface area contributed by atoms with Gasteiger partial charge in [0, 0.05) is 39.6 Å². The first-order valence-electron chi connectivity index (χ1n) is 18.0. The molecule has 3 aliphatic rings. The van der Waals surface area contributed by atoms with E-state index in [-0.39, 0.29) is 23.5 Å². The predicted molar refractivity (Wildman–Crippen MR) is 225 cm³/mol. The molecular weight excluding hydrogens is 865 g/mol. The molecule has 3 aliphatic carbocycles. The van der Waals surface area contributed by atoms with E-state index in [2.05, 4.69) is 26.0 Å². The van der Waals surface area contributed by atoms with Crippen LogP contribution in [0.2, 0.25) is 30.1 Å². The van der Waals surface area contributed by atoms with Crippen molar-refractivity contribution in [1.29, 1.82) is 0 Å². The molecule has 3 aromatic carbocycles. The number of halogens is 7. The lowest BCUT2D eigenvalue weighted by molar-refractivity contribution is 0.0462. The molecule has 6 rings (SSSR count). The smallest absolute Gasteiger partial charge is 0.0649 e. The van der Waals surface area contributed by atoms with E-state index in [1.54, 1.807) is 18.2 Å². The molecule has 0 saturated heterocycles. The van der Waals surface area contributed by atoms with Gasteiger partial charge in [0.25, 0.3) is 0 Å². The number of hydrogen-bond acceptors (Lipinski definition) is 5. The number of nitrogens with zero attached hydrogens (tertiary/aromatic N) is 3. The van der Waals surface area contributed by atoms with Crippen LogP contribution in [0.1, 0.15) is 93.7 Å². The van der Waals surface area contributed by atoms with Crippen LogP contribution in [0, 0.1) is 0 Å². The summed E-state index contributed by atoms with van der Waals surface area (Å²) in [6, 6.07) is 16.6. The summed E-state index contributed by atoms with van der Waals surface area (Å²) < 4.78 is 0. The Hall–Kier alpha value is -0.970. The fraction of sp³-hybridized carbons (Fsp3) is 0.538. The van der Waals surface area contributed by atoms with Gasteiger partial charge in [-0.05, 0) is 97.1 Å². The summed E-state index contributed by atoms with van der Waals surface area (Å²) in [6.45, 7) is 0.675. The minimum atomic E-state index is -0.543. The Morgan fingerprint density at radius 2 is 0.962 bits per heavy atom. The summed E-state index contributed by atoms with van der Waals surface area (Å²) in [4.78, 5) is 2.83. The minimum absolute atomic E-state index is 0.216. The molecule has 5 N–H and O–H groups in total. The van der Waals surface area contributed by atoms with E-state index >= 15 is 0 Å². The zero-order chi connectivity index (χ0) is 38.8. The number of aliphatic hydroxyl groups excluding tert-OH is 3. The summed E-state index contributed by atoms with van der Waals surface area (Å²) >= 11 is 39.5. The molecule has 3 aromatic rings. The number of nitrogens with two attached hydrogens (primary N) is 1. The van der Waals surface area contributed by atoms with E-state index in [9.17, 15) is 15.3 Å². The highest BCUT2D eigenvalue weighted by Crippen LogP contribution is 2.44. The molecule has 6 atom stereocenters. The molecule has 14 heteroatoms. The van der Waals surface area contributed by atoms with Crippen LogP contribution in [-0.2, 0) is 16.2 Å². The lowest BCUT2D eigenvalue weighted by Gasteiger charge is -2.41. The third kappa shape index (κ3) is 10.3. The standard InChI is InChI=1S/C13H15BrCl2O.C13H15Cl2N3O.C13H17Cl2NO/c14-8-13(6-2-1-3-12(13)17)9-4-5-10(15)11(16)7-9;14-10-5-4-9(7-11(10)15)13(8-17-18-16)6-2-1-3-12(13)19;14-10-5-4-9(7-11(10)15)13(8-16)6-2-1-3-12(13)17/h4-5,7,12,17H,1-3,6,8H2;4-5,7,12,19H,1-3,6,8H2;4-5,7,12,17H,1-3,6,8,16H2. The molecule has 0 aromatic heterocycles. The minimum Gasteiger partial charge on any atom is -0.392 e. The highest BCUT2D eigenvalue weighted by Gasteiger charge is 2.43. The number of aliphatic hydroxyl groups is 3. The molecule has 0 radical (unpaired) electrons. The van der Waals surface area contributed by atoms with Gasteiger partial charge in [-0.1, -0.05) is 147 Å². The van der Waals surface area contributed by atoms with Gasteiger partial charge >= 0.3 is 0 Å². The van der Waals surface area contributed by atoms with Crippen molar-refractivity contribution in [3.8, 4) is 0 Å². The van der Waals surface area contributed by atoms with E-state index in [1.165, 1.54) is 0 Å². The molecule has 53 heavy (non-hydrogen) atoms. The second-order valence-corrected chi connectivity index (χ2v) is 17.4. The molecule has 0 aliphatic heterocycles. The van der Waals surface area contributed by atoms with E-state index < -0.39 is 17.6 Å². The van der Waals surface area contributed by atoms with Crippen LogP contribution in [0.15, 0.2) is 59.7 Å². The van der Waals surface area contributed by atoms with Crippen LogP contribution >= 0.6 is 85.5 Å². The van der Waals surface area contributed by atoms with Crippen LogP contribution < -0.4 is 5.73 Å². The summed E-state index contributed by atoms with van der Waals surface area (Å²) in [6.07, 6.45) is 10.2. The molecule has 0 bridgehead atoms. The monoisotopic (exact) mass is 908 g/mol. The van der Waals surface area contributed by atoms with Gasteiger partial charge in [-0.15, -0.1) is 0 Å². The van der Waals surface area contributed by atoms with E-state index in [0.717, 1.165) is 92.6 Å². The molecule has 0 spiro atoms. The van der Waals surface area contributed by atoms with Crippen LogP contribution in [-0.4, -0.2) is 52.1 Å². The third-order valence-electron chi connectivity index (χ3n) is 11.5. The summed E-state index contributed by atoms with van der Waals surface area (Å²) in [5.74, 6) is 0. The molecule has 7 nitrogen and oxygen atoms in total. The molecule has 290 valence electrons. The van der Waals surface area contributed by atoms with Crippen molar-refractivity contribution < 1.29 is 15.3 Å². The van der Waals surface area contributed by atoms with Crippen molar-refractivity contribution in [2.24, 2.45) is 10.8 Å². The van der Waals surface area contributed by atoms with Crippen molar-refractivity contribution in [2.75, 3.05) is 18.4 Å². The van der Waals surface area contributed by atoms with Gasteiger partial charge in [0.15, 0.2) is 0 Å². The van der Waals surface area contributed by atoms with Gasteiger partial charge in [-0.3, -0.25) is 0 Å². The van der Waals surface area contributed by atoms with Gasteiger partial charge in [0.05, 0.1) is 48.4 Å². The van der Waals surface area contributed by atoms with Crippen molar-refractivity contribution >= 4 is 85.5 Å². The summed E-state index contributed by atoms with van der Waals surface area (Å²) in [5.41, 5.74) is 16.3. The number of benzene rings is 3. The van der Waals surface area contributed by atoms with Gasteiger partial charge < -0.3 is 21.1 Å². The average Bonchev–Trinajstić information content (AvgIpc) is 3.16. The molecule has 0 amide bonds. The highest BCUT2D eigenvalue weighted by atomic mass is 79.9. The quantitative estimate of drug-likeness (QED) is 0.0812. The van der Waals surface area contributed by atoms with Crippen molar-refractivity contribution in [2.45, 2.75) is 112 Å². The lowest BCUT2D eigenvalue weighted by atomic mass is 9.67. The maximum atomic E-state index is 10.4. The normalized spacial score (nSPS) is 28.4. The lowest BCUT2D eigenvalue weighted by Crippen LogP contribution is -2.48. The first kappa shape index (κ1) is 44.7. The van der Waals surface area contributed by atoms with E-state index in [0.29, 0.717) is 43.1 Å². The van der Waals surface area contributed by atoms with Gasteiger partial charge in [-0.2, -0.15) is 0 Å². The largest absolute Gasteiger partial charge is 0.392 e.